The van der Waals surface area contributed by atoms with Crippen molar-refractivity contribution in [2.75, 3.05) is 13.1 Å². The Bertz CT molecular complexity index is 547. The minimum Gasteiger partial charge on any atom is -0.481 e. The second-order valence-corrected chi connectivity index (χ2v) is 5.92. The number of nitrogens with one attached hydrogen (secondary N) is 1. The van der Waals surface area contributed by atoms with Crippen molar-refractivity contribution in [3.8, 4) is 0 Å². The zero-order valence-electron chi connectivity index (χ0n) is 12.7. The maximum atomic E-state index is 12.2. The predicted octanol–water partition coefficient (Wildman–Crippen LogP) is 1.43. The molecule has 0 aromatic heterocycles. The number of likely N-dealkylation sites (tertiary alicyclic amines) is 1. The molecule has 1 fully saturated rings. The number of urea groups is 1. The molecule has 1 aliphatic rings. The fraction of sp³-hybridized carbons (Fsp3) is 0.500. The molecule has 0 radical (unpaired) electrons. The van der Waals surface area contributed by atoms with Crippen LogP contribution in [-0.4, -0.2) is 40.2 Å². The van der Waals surface area contributed by atoms with Crippen LogP contribution in [0.5, 0.6) is 0 Å². The van der Waals surface area contributed by atoms with Crippen molar-refractivity contribution in [3.63, 3.8) is 0 Å². The lowest BCUT2D eigenvalue weighted by molar-refractivity contribution is -0.143. The first kappa shape index (κ1) is 16.3. The number of nitrogens with zero attached hydrogens (tertiary/aromatic N) is 1. The van der Waals surface area contributed by atoms with Gasteiger partial charge in [-0.05, 0) is 23.5 Å². The zero-order chi connectivity index (χ0) is 16.1. The molecule has 2 amide bonds. The molecule has 2 rings (SSSR count). The van der Waals surface area contributed by atoms with Crippen molar-refractivity contribution in [2.45, 2.75) is 26.5 Å². The summed E-state index contributed by atoms with van der Waals surface area (Å²) in [4.78, 5) is 24.9. The first-order valence-electron chi connectivity index (χ1n) is 7.44. The molecule has 1 aliphatic heterocycles. The minimum atomic E-state index is -0.847. The second-order valence-electron chi connectivity index (χ2n) is 5.92. The number of piperidine rings is 1. The largest absolute Gasteiger partial charge is 0.481 e. The van der Waals surface area contributed by atoms with E-state index in [1.54, 1.807) is 4.90 Å². The number of rotatable bonds is 4. The molecule has 2 unspecified atom stereocenters. The van der Waals surface area contributed by atoms with Gasteiger partial charge in [0.2, 0.25) is 0 Å². The molecule has 2 atom stereocenters. The van der Waals surface area contributed by atoms with E-state index in [1.807, 2.05) is 31.2 Å². The van der Waals surface area contributed by atoms with E-state index in [1.165, 1.54) is 0 Å². The third-order valence-electron chi connectivity index (χ3n) is 3.91. The first-order valence-corrected chi connectivity index (χ1v) is 7.44. The molecule has 6 heteroatoms. The standard InChI is InChI=1S/C16H22N2O4/c1-11-5-14(15(20)21)9-18(8-11)16(22)17-7-12-3-2-4-13(6-12)10-19/h2-4,6,11,14,19H,5,7-10H2,1H3,(H,17,22)(H,20,21). The van der Waals surface area contributed by atoms with Gasteiger partial charge in [0, 0.05) is 19.6 Å². The Morgan fingerprint density at radius 1 is 1.32 bits per heavy atom. The molecule has 0 bridgehead atoms. The molecule has 1 aromatic rings. The number of aliphatic carboxylic acids is 1. The third kappa shape index (κ3) is 4.21. The highest BCUT2D eigenvalue weighted by Crippen LogP contribution is 2.21. The van der Waals surface area contributed by atoms with Gasteiger partial charge in [0.1, 0.15) is 0 Å². The van der Waals surface area contributed by atoms with Crippen LogP contribution in [0.25, 0.3) is 0 Å². The van der Waals surface area contributed by atoms with Gasteiger partial charge >= 0.3 is 12.0 Å². The van der Waals surface area contributed by atoms with Crippen LogP contribution in [0.2, 0.25) is 0 Å². The number of carbonyl (C=O) groups is 2. The summed E-state index contributed by atoms with van der Waals surface area (Å²) in [6.45, 7) is 3.11. The van der Waals surface area contributed by atoms with Gasteiger partial charge in [-0.25, -0.2) is 4.79 Å². The Hall–Kier alpha value is -2.08. The molecule has 1 heterocycles. The Balaban J connectivity index is 1.92. The summed E-state index contributed by atoms with van der Waals surface area (Å²) < 4.78 is 0. The molecule has 0 spiro atoms. The van der Waals surface area contributed by atoms with E-state index < -0.39 is 11.9 Å². The molecule has 1 aromatic carbocycles. The van der Waals surface area contributed by atoms with Crippen molar-refractivity contribution < 1.29 is 19.8 Å². The van der Waals surface area contributed by atoms with Gasteiger partial charge in [-0.1, -0.05) is 31.2 Å². The average Bonchev–Trinajstić information content (AvgIpc) is 2.52. The van der Waals surface area contributed by atoms with Gasteiger partial charge in [0.25, 0.3) is 0 Å². The molecule has 120 valence electrons. The average molecular weight is 306 g/mol. The molecule has 0 aliphatic carbocycles. The number of hydrogen-bond donors (Lipinski definition) is 3. The van der Waals surface area contributed by atoms with Crippen LogP contribution < -0.4 is 5.32 Å². The number of amides is 2. The lowest BCUT2D eigenvalue weighted by atomic mass is 9.91. The van der Waals surface area contributed by atoms with Crippen LogP contribution in [0.3, 0.4) is 0 Å². The SMILES string of the molecule is CC1CC(C(=O)O)CN(C(=O)NCc2cccc(CO)c2)C1. The monoisotopic (exact) mass is 306 g/mol. The van der Waals surface area contributed by atoms with Gasteiger partial charge in [0.05, 0.1) is 12.5 Å². The molecule has 22 heavy (non-hydrogen) atoms. The molecular weight excluding hydrogens is 284 g/mol. The number of carboxylic acid groups (broad SMARTS) is 1. The van der Waals surface area contributed by atoms with Crippen LogP contribution in [-0.2, 0) is 17.9 Å². The highest BCUT2D eigenvalue weighted by atomic mass is 16.4. The zero-order valence-corrected chi connectivity index (χ0v) is 12.7. The van der Waals surface area contributed by atoms with Crippen molar-refractivity contribution in [1.29, 1.82) is 0 Å². The molecule has 6 nitrogen and oxygen atoms in total. The summed E-state index contributed by atoms with van der Waals surface area (Å²) in [5.74, 6) is -1.16. The van der Waals surface area contributed by atoms with E-state index in [2.05, 4.69) is 5.32 Å². The summed E-state index contributed by atoms with van der Waals surface area (Å²) in [7, 11) is 0. The highest BCUT2D eigenvalue weighted by molar-refractivity contribution is 5.76. The van der Waals surface area contributed by atoms with E-state index in [4.69, 9.17) is 10.2 Å². The molecular formula is C16H22N2O4. The smallest absolute Gasteiger partial charge is 0.317 e. The quantitative estimate of drug-likeness (QED) is 0.785. The summed E-state index contributed by atoms with van der Waals surface area (Å²) >= 11 is 0. The van der Waals surface area contributed by atoms with Crippen LogP contribution in [0.15, 0.2) is 24.3 Å². The second kappa shape index (κ2) is 7.26. The van der Waals surface area contributed by atoms with E-state index in [0.717, 1.165) is 11.1 Å². The fourth-order valence-electron chi connectivity index (χ4n) is 2.82. The number of aliphatic hydroxyl groups is 1. The normalized spacial score (nSPS) is 21.5. The first-order chi connectivity index (χ1) is 10.5. The summed E-state index contributed by atoms with van der Waals surface area (Å²) in [6, 6.07) is 7.11. The van der Waals surface area contributed by atoms with Crippen LogP contribution in [0, 0.1) is 11.8 Å². The van der Waals surface area contributed by atoms with Gasteiger partial charge in [-0.3, -0.25) is 4.79 Å². The molecule has 1 saturated heterocycles. The Morgan fingerprint density at radius 3 is 2.73 bits per heavy atom. The lowest BCUT2D eigenvalue weighted by Crippen LogP contribution is -2.49. The van der Waals surface area contributed by atoms with Crippen molar-refractivity contribution in [1.82, 2.24) is 10.2 Å². The maximum absolute atomic E-state index is 12.2. The van der Waals surface area contributed by atoms with E-state index in [9.17, 15) is 9.59 Å². The van der Waals surface area contributed by atoms with Crippen LogP contribution in [0.4, 0.5) is 4.79 Å². The van der Waals surface area contributed by atoms with Crippen LogP contribution >= 0.6 is 0 Å². The summed E-state index contributed by atoms with van der Waals surface area (Å²) in [6.07, 6.45) is 0.609. The van der Waals surface area contributed by atoms with Gasteiger partial charge < -0.3 is 20.4 Å². The number of aliphatic hydroxyl groups excluding tert-OH is 1. The third-order valence-corrected chi connectivity index (χ3v) is 3.91. The number of carboxylic acids is 1. The summed E-state index contributed by atoms with van der Waals surface area (Å²) in [5.41, 5.74) is 1.70. The van der Waals surface area contributed by atoms with E-state index >= 15 is 0 Å². The number of benzene rings is 1. The van der Waals surface area contributed by atoms with Gasteiger partial charge in [-0.2, -0.15) is 0 Å². The molecule has 3 N–H and O–H groups in total. The minimum absolute atomic E-state index is 0.0360. The maximum Gasteiger partial charge on any atom is 0.317 e. The van der Waals surface area contributed by atoms with Gasteiger partial charge in [-0.15, -0.1) is 0 Å². The molecule has 0 saturated carbocycles. The topological polar surface area (TPSA) is 89.9 Å². The van der Waals surface area contributed by atoms with E-state index in [-0.39, 0.29) is 25.1 Å². The van der Waals surface area contributed by atoms with Gasteiger partial charge in [0.15, 0.2) is 0 Å². The highest BCUT2D eigenvalue weighted by Gasteiger charge is 2.31. The summed E-state index contributed by atoms with van der Waals surface area (Å²) in [5, 5.41) is 21.1. The Labute approximate surface area is 129 Å². The van der Waals surface area contributed by atoms with E-state index in [0.29, 0.717) is 19.5 Å². The van der Waals surface area contributed by atoms with Crippen molar-refractivity contribution in [2.24, 2.45) is 11.8 Å². The Morgan fingerprint density at radius 2 is 2.05 bits per heavy atom. The fourth-order valence-corrected chi connectivity index (χ4v) is 2.82. The predicted molar refractivity (Wildman–Crippen MR) is 81.1 cm³/mol. The lowest BCUT2D eigenvalue weighted by Gasteiger charge is -2.34. The van der Waals surface area contributed by atoms with Crippen molar-refractivity contribution >= 4 is 12.0 Å². The van der Waals surface area contributed by atoms with Crippen LogP contribution in [0.1, 0.15) is 24.5 Å². The van der Waals surface area contributed by atoms with Crippen molar-refractivity contribution in [3.05, 3.63) is 35.4 Å². The Kier molecular flexibility index (Phi) is 5.38. The number of hydrogen-bond acceptors (Lipinski definition) is 3. The number of carbonyl (C=O) groups excluding carboxylic acids is 1.